The summed E-state index contributed by atoms with van der Waals surface area (Å²) in [6.07, 6.45) is 3.46. The normalized spacial score (nSPS) is 12.4. The minimum atomic E-state index is 0.0577. The quantitative estimate of drug-likeness (QED) is 0.381. The molecular weight excluding hydrogens is 361 g/mol. The zero-order valence-corrected chi connectivity index (χ0v) is 14.0. The van der Waals surface area contributed by atoms with E-state index in [0.29, 0.717) is 22.0 Å². The fourth-order valence-electron chi connectivity index (χ4n) is 1.58. The van der Waals surface area contributed by atoms with Crippen LogP contribution in [0, 0.1) is 5.41 Å². The first-order chi connectivity index (χ1) is 9.31. The van der Waals surface area contributed by atoms with Crippen LogP contribution >= 0.6 is 39.1 Å². The first-order valence-electron chi connectivity index (χ1n) is 5.75. The van der Waals surface area contributed by atoms with Crippen molar-refractivity contribution in [2.75, 3.05) is 0 Å². The third-order valence-corrected chi connectivity index (χ3v) is 3.66. The lowest BCUT2D eigenvalue weighted by Gasteiger charge is -2.09. The van der Waals surface area contributed by atoms with Gasteiger partial charge >= 0.3 is 0 Å². The van der Waals surface area contributed by atoms with Crippen LogP contribution < -0.4 is 0 Å². The van der Waals surface area contributed by atoms with Gasteiger partial charge < -0.3 is 10.5 Å². The molecule has 0 aliphatic rings. The predicted molar refractivity (Wildman–Crippen MR) is 90.0 cm³/mol. The maximum absolute atomic E-state index is 9.67. The summed E-state index contributed by atoms with van der Waals surface area (Å²) in [5.41, 5.74) is 1.56. The standard InChI is InChI=1S/C15H14BrCl2NO/c1-9(17)3-5-13(10(2)20)15(19)8-11-7-12(18)4-6-14(11)16/h3-7,19-20H,1,8H2,2H3/b5-3-,13-10-,19-15?. The van der Waals surface area contributed by atoms with Gasteiger partial charge in [0.1, 0.15) is 0 Å². The molecule has 2 nitrogen and oxygen atoms in total. The second-order valence-electron chi connectivity index (χ2n) is 4.17. The molecule has 1 rings (SSSR count). The number of nitrogens with one attached hydrogen (secondary N) is 1. The van der Waals surface area contributed by atoms with Crippen LogP contribution in [-0.4, -0.2) is 10.8 Å². The number of aliphatic hydroxyl groups is 1. The highest BCUT2D eigenvalue weighted by Crippen LogP contribution is 2.23. The molecule has 0 aliphatic heterocycles. The van der Waals surface area contributed by atoms with Gasteiger partial charge in [-0.15, -0.1) is 0 Å². The summed E-state index contributed by atoms with van der Waals surface area (Å²) in [7, 11) is 0. The van der Waals surface area contributed by atoms with Crippen molar-refractivity contribution < 1.29 is 5.11 Å². The van der Waals surface area contributed by atoms with Crippen LogP contribution in [0.25, 0.3) is 0 Å². The number of aliphatic hydroxyl groups excluding tert-OH is 1. The van der Waals surface area contributed by atoms with Crippen molar-refractivity contribution in [1.29, 1.82) is 5.41 Å². The number of rotatable bonds is 5. The molecule has 1 aromatic rings. The molecule has 0 fully saturated rings. The van der Waals surface area contributed by atoms with Gasteiger partial charge in [-0.1, -0.05) is 45.7 Å². The number of hydrogen-bond donors (Lipinski definition) is 2. The first kappa shape index (κ1) is 17.0. The van der Waals surface area contributed by atoms with E-state index in [-0.39, 0.29) is 11.5 Å². The molecule has 0 saturated carbocycles. The molecule has 0 radical (unpaired) electrons. The van der Waals surface area contributed by atoms with Crippen LogP contribution in [0.3, 0.4) is 0 Å². The van der Waals surface area contributed by atoms with Gasteiger partial charge in [-0.25, -0.2) is 0 Å². The van der Waals surface area contributed by atoms with Crippen molar-refractivity contribution in [2.45, 2.75) is 13.3 Å². The minimum absolute atomic E-state index is 0.0577. The van der Waals surface area contributed by atoms with Crippen molar-refractivity contribution in [3.8, 4) is 0 Å². The van der Waals surface area contributed by atoms with E-state index in [4.69, 9.17) is 28.6 Å². The minimum Gasteiger partial charge on any atom is -0.512 e. The third kappa shape index (κ3) is 5.16. The monoisotopic (exact) mass is 373 g/mol. The number of benzene rings is 1. The summed E-state index contributed by atoms with van der Waals surface area (Å²) in [6.45, 7) is 5.06. The van der Waals surface area contributed by atoms with Gasteiger partial charge in [-0.3, -0.25) is 0 Å². The van der Waals surface area contributed by atoms with Crippen molar-refractivity contribution in [3.05, 3.63) is 68.4 Å². The number of hydrogen-bond acceptors (Lipinski definition) is 2. The first-order valence-corrected chi connectivity index (χ1v) is 7.30. The van der Waals surface area contributed by atoms with Crippen LogP contribution in [-0.2, 0) is 6.42 Å². The van der Waals surface area contributed by atoms with Crippen LogP contribution in [0.4, 0.5) is 0 Å². The molecular formula is C15H14BrCl2NO. The van der Waals surface area contributed by atoms with Crippen molar-refractivity contribution >= 4 is 44.8 Å². The Morgan fingerprint density at radius 1 is 1.45 bits per heavy atom. The van der Waals surface area contributed by atoms with E-state index in [0.717, 1.165) is 10.0 Å². The summed E-state index contributed by atoms with van der Waals surface area (Å²) in [6, 6.07) is 5.38. The lowest BCUT2D eigenvalue weighted by molar-refractivity contribution is 0.412. The van der Waals surface area contributed by atoms with Crippen LogP contribution in [0.5, 0.6) is 0 Å². The molecule has 0 atom stereocenters. The Balaban J connectivity index is 3.01. The van der Waals surface area contributed by atoms with Gasteiger partial charge in [-0.2, -0.15) is 0 Å². The van der Waals surface area contributed by atoms with Gasteiger partial charge in [0.15, 0.2) is 0 Å². The van der Waals surface area contributed by atoms with Crippen molar-refractivity contribution in [2.24, 2.45) is 0 Å². The fourth-order valence-corrected chi connectivity index (χ4v) is 2.22. The zero-order valence-electron chi connectivity index (χ0n) is 10.9. The molecule has 0 aliphatic carbocycles. The number of allylic oxidation sites excluding steroid dienone is 5. The molecule has 0 bridgehead atoms. The Morgan fingerprint density at radius 3 is 2.65 bits per heavy atom. The molecule has 0 spiro atoms. The maximum Gasteiger partial charge on any atom is 0.0982 e. The van der Waals surface area contributed by atoms with Gasteiger partial charge in [0, 0.05) is 32.2 Å². The lowest BCUT2D eigenvalue weighted by atomic mass is 10.0. The Morgan fingerprint density at radius 2 is 2.10 bits per heavy atom. The second-order valence-corrected chi connectivity index (χ2v) is 5.95. The molecule has 0 amide bonds. The van der Waals surface area contributed by atoms with E-state index >= 15 is 0 Å². The summed E-state index contributed by atoms with van der Waals surface area (Å²) in [5.74, 6) is 0.0577. The highest BCUT2D eigenvalue weighted by atomic mass is 79.9. The largest absolute Gasteiger partial charge is 0.512 e. The molecule has 20 heavy (non-hydrogen) atoms. The molecule has 0 heterocycles. The molecule has 5 heteroatoms. The molecule has 1 aromatic carbocycles. The highest BCUT2D eigenvalue weighted by molar-refractivity contribution is 9.10. The fraction of sp³-hybridized carbons (Fsp3) is 0.133. The van der Waals surface area contributed by atoms with Crippen LogP contribution in [0.2, 0.25) is 5.02 Å². The van der Waals surface area contributed by atoms with Gasteiger partial charge in [-0.05, 0) is 42.8 Å². The molecule has 0 saturated heterocycles. The predicted octanol–water partition coefficient (Wildman–Crippen LogP) is 5.81. The van der Waals surface area contributed by atoms with Gasteiger partial charge in [0.2, 0.25) is 0 Å². The average Bonchev–Trinajstić information content (AvgIpc) is 2.33. The van der Waals surface area contributed by atoms with E-state index < -0.39 is 0 Å². The van der Waals surface area contributed by atoms with Gasteiger partial charge in [0.25, 0.3) is 0 Å². The molecule has 106 valence electrons. The summed E-state index contributed by atoms with van der Waals surface area (Å²) in [4.78, 5) is 0. The Labute approximate surface area is 137 Å². The maximum atomic E-state index is 9.67. The Kier molecular flexibility index (Phi) is 6.53. The smallest absolute Gasteiger partial charge is 0.0982 e. The third-order valence-electron chi connectivity index (χ3n) is 2.52. The highest BCUT2D eigenvalue weighted by Gasteiger charge is 2.10. The average molecular weight is 375 g/mol. The summed E-state index contributed by atoms with van der Waals surface area (Å²) in [5, 5.41) is 18.7. The topological polar surface area (TPSA) is 44.1 Å². The van der Waals surface area contributed by atoms with Crippen molar-refractivity contribution in [3.63, 3.8) is 0 Å². The summed E-state index contributed by atoms with van der Waals surface area (Å²) < 4.78 is 0.868. The van der Waals surface area contributed by atoms with E-state index in [1.165, 1.54) is 13.0 Å². The number of halogens is 3. The summed E-state index contributed by atoms with van der Waals surface area (Å²) >= 11 is 15.0. The Bertz CT molecular complexity index is 602. The van der Waals surface area contributed by atoms with Gasteiger partial charge in [0.05, 0.1) is 5.76 Å². The van der Waals surface area contributed by atoms with E-state index in [2.05, 4.69) is 22.5 Å². The zero-order chi connectivity index (χ0) is 15.3. The molecule has 0 aromatic heterocycles. The van der Waals surface area contributed by atoms with E-state index in [9.17, 15) is 5.11 Å². The molecule has 0 unspecified atom stereocenters. The van der Waals surface area contributed by atoms with Crippen LogP contribution in [0.1, 0.15) is 12.5 Å². The Hall–Kier alpha value is -1.03. The second kappa shape index (κ2) is 7.67. The van der Waals surface area contributed by atoms with Crippen LogP contribution in [0.15, 0.2) is 57.8 Å². The SMILES string of the molecule is C=C(Cl)/C=C\C(C(=N)Cc1cc(Cl)ccc1Br)=C(/C)O. The van der Waals surface area contributed by atoms with Crippen molar-refractivity contribution in [1.82, 2.24) is 0 Å². The van der Waals surface area contributed by atoms with E-state index in [1.807, 2.05) is 6.07 Å². The molecule has 2 N–H and O–H groups in total. The lowest BCUT2D eigenvalue weighted by Crippen LogP contribution is -2.07. The van der Waals surface area contributed by atoms with E-state index in [1.54, 1.807) is 18.2 Å².